The number of aromatic nitrogens is 1. The molecule has 2 N–H and O–H groups in total. The number of benzene rings is 2. The first kappa shape index (κ1) is 22.3. The molecule has 0 spiro atoms. The highest BCUT2D eigenvalue weighted by Gasteiger charge is 2.14. The lowest BCUT2D eigenvalue weighted by Gasteiger charge is -2.08. The van der Waals surface area contributed by atoms with Crippen LogP contribution in [0.25, 0.3) is 6.08 Å². The van der Waals surface area contributed by atoms with Crippen molar-refractivity contribution in [3.05, 3.63) is 69.7 Å². The Morgan fingerprint density at radius 2 is 1.81 bits per heavy atom. The number of amides is 2. The third-order valence-corrected chi connectivity index (χ3v) is 5.45. The van der Waals surface area contributed by atoms with Crippen molar-refractivity contribution in [2.45, 2.75) is 6.92 Å². The van der Waals surface area contributed by atoms with Crippen LogP contribution in [0.5, 0.6) is 11.5 Å². The number of halogens is 1. The van der Waals surface area contributed by atoms with Gasteiger partial charge in [0.1, 0.15) is 16.4 Å². The maximum Gasteiger partial charge on any atom is 0.267 e. The van der Waals surface area contributed by atoms with Gasteiger partial charge in [0.15, 0.2) is 5.13 Å². The van der Waals surface area contributed by atoms with Crippen molar-refractivity contribution >= 4 is 51.6 Å². The van der Waals surface area contributed by atoms with Gasteiger partial charge in [-0.05, 0) is 42.3 Å². The van der Waals surface area contributed by atoms with Crippen molar-refractivity contribution in [3.8, 4) is 11.5 Å². The summed E-state index contributed by atoms with van der Waals surface area (Å²) in [4.78, 5) is 29.2. The average molecular weight is 458 g/mol. The number of aryl methyl sites for hydroxylation is 1. The number of carbonyl (C=O) groups excluding carboxylic acids is 2. The molecule has 2 amide bonds. The van der Waals surface area contributed by atoms with E-state index in [1.165, 1.54) is 12.3 Å². The minimum Gasteiger partial charge on any atom is -0.497 e. The zero-order valence-electron chi connectivity index (χ0n) is 17.1. The predicted molar refractivity (Wildman–Crippen MR) is 123 cm³/mol. The Morgan fingerprint density at radius 1 is 1.10 bits per heavy atom. The molecular weight excluding hydrogens is 438 g/mol. The number of nitrogens with zero attached hydrogens (tertiary/aromatic N) is 1. The molecule has 0 unspecified atom stereocenters. The second kappa shape index (κ2) is 10.1. The second-order valence-corrected chi connectivity index (χ2v) is 7.82. The molecule has 0 radical (unpaired) electrons. The summed E-state index contributed by atoms with van der Waals surface area (Å²) in [5.41, 5.74) is 2.13. The number of rotatable bonds is 7. The first-order valence-corrected chi connectivity index (χ1v) is 10.3. The predicted octanol–water partition coefficient (Wildman–Crippen LogP) is 5.03. The first-order chi connectivity index (χ1) is 14.9. The number of anilines is 2. The fourth-order valence-electron chi connectivity index (χ4n) is 2.65. The Hall–Kier alpha value is -3.36. The van der Waals surface area contributed by atoms with Crippen molar-refractivity contribution < 1.29 is 19.1 Å². The molecule has 3 rings (SSSR count). The Bertz CT molecular complexity index is 1100. The van der Waals surface area contributed by atoms with E-state index >= 15 is 0 Å². The van der Waals surface area contributed by atoms with Crippen molar-refractivity contribution in [1.29, 1.82) is 0 Å². The van der Waals surface area contributed by atoms with Crippen LogP contribution in [0.1, 0.15) is 20.8 Å². The summed E-state index contributed by atoms with van der Waals surface area (Å²) in [6, 6.07) is 10.6. The van der Waals surface area contributed by atoms with Gasteiger partial charge in [0.05, 0.1) is 31.1 Å². The number of hydrogen-bond donors (Lipinski definition) is 2. The normalized spacial score (nSPS) is 10.7. The van der Waals surface area contributed by atoms with Gasteiger partial charge >= 0.3 is 0 Å². The maximum atomic E-state index is 12.5. The van der Waals surface area contributed by atoms with Gasteiger partial charge in [0.25, 0.3) is 5.91 Å². The van der Waals surface area contributed by atoms with Gasteiger partial charge in [-0.15, -0.1) is 0 Å². The summed E-state index contributed by atoms with van der Waals surface area (Å²) in [6.45, 7) is 1.85. The van der Waals surface area contributed by atoms with Gasteiger partial charge in [0.2, 0.25) is 5.91 Å². The number of hydrogen-bond acceptors (Lipinski definition) is 6. The summed E-state index contributed by atoms with van der Waals surface area (Å²) >= 11 is 7.21. The number of thiazole rings is 1. The van der Waals surface area contributed by atoms with Crippen molar-refractivity contribution in [3.63, 3.8) is 0 Å². The van der Waals surface area contributed by atoms with Crippen molar-refractivity contribution in [2.75, 3.05) is 24.9 Å². The van der Waals surface area contributed by atoms with E-state index in [2.05, 4.69) is 15.6 Å². The molecule has 1 heterocycles. The first-order valence-electron chi connectivity index (χ1n) is 9.14. The van der Waals surface area contributed by atoms with Crippen molar-refractivity contribution in [2.24, 2.45) is 0 Å². The molecular formula is C22H20ClN3O4S. The van der Waals surface area contributed by atoms with E-state index in [-0.39, 0.29) is 11.8 Å². The maximum absolute atomic E-state index is 12.5. The van der Waals surface area contributed by atoms with E-state index < -0.39 is 0 Å². The van der Waals surface area contributed by atoms with Crippen LogP contribution in [0.3, 0.4) is 0 Å². The lowest BCUT2D eigenvalue weighted by molar-refractivity contribution is -0.111. The van der Waals surface area contributed by atoms with Crippen molar-refractivity contribution in [1.82, 2.24) is 4.98 Å². The van der Waals surface area contributed by atoms with Crippen LogP contribution in [-0.2, 0) is 4.79 Å². The van der Waals surface area contributed by atoms with E-state index in [9.17, 15) is 9.59 Å². The van der Waals surface area contributed by atoms with Gasteiger partial charge in [-0.2, -0.15) is 0 Å². The SMILES string of the molecule is COc1cc(/C=C/C(=O)Nc2ncc(C(=O)Nc3c(C)cccc3Cl)s2)cc(OC)c1. The Kier molecular flexibility index (Phi) is 7.28. The highest BCUT2D eigenvalue weighted by atomic mass is 35.5. The molecule has 0 aliphatic carbocycles. The molecule has 0 aliphatic heterocycles. The van der Waals surface area contributed by atoms with Crippen LogP contribution >= 0.6 is 22.9 Å². The molecule has 160 valence electrons. The average Bonchev–Trinajstić information content (AvgIpc) is 3.23. The van der Waals surface area contributed by atoms with Gasteiger partial charge in [-0.1, -0.05) is 35.1 Å². The van der Waals surface area contributed by atoms with Gasteiger partial charge in [-0.3, -0.25) is 14.9 Å². The Morgan fingerprint density at radius 3 is 2.45 bits per heavy atom. The molecule has 0 saturated carbocycles. The lowest BCUT2D eigenvalue weighted by atomic mass is 10.2. The van der Waals surface area contributed by atoms with Crippen LogP contribution in [0.4, 0.5) is 10.8 Å². The molecule has 31 heavy (non-hydrogen) atoms. The standard InChI is InChI=1S/C22H20ClN3O4S/c1-13-5-4-6-17(23)20(13)26-21(28)18-12-24-22(31-18)25-19(27)8-7-14-9-15(29-2)11-16(10-14)30-3/h4-12H,1-3H3,(H,26,28)(H,24,25,27)/b8-7+. The van der Waals surface area contributed by atoms with E-state index in [1.807, 2.05) is 19.1 Å². The molecule has 7 nitrogen and oxygen atoms in total. The topological polar surface area (TPSA) is 89.5 Å². The lowest BCUT2D eigenvalue weighted by Crippen LogP contribution is -2.11. The van der Waals surface area contributed by atoms with E-state index in [0.717, 1.165) is 22.5 Å². The second-order valence-electron chi connectivity index (χ2n) is 6.38. The highest BCUT2D eigenvalue weighted by Crippen LogP contribution is 2.27. The minimum absolute atomic E-state index is 0.305. The zero-order chi connectivity index (χ0) is 22.4. The van der Waals surface area contributed by atoms with Crippen LogP contribution in [0.15, 0.2) is 48.7 Å². The summed E-state index contributed by atoms with van der Waals surface area (Å²) in [5, 5.41) is 6.18. The molecule has 9 heteroatoms. The fourth-order valence-corrected chi connectivity index (χ4v) is 3.63. The van der Waals surface area contributed by atoms with Crippen LogP contribution in [0, 0.1) is 6.92 Å². The number of nitrogens with one attached hydrogen (secondary N) is 2. The molecule has 0 atom stereocenters. The van der Waals surface area contributed by atoms with E-state index in [0.29, 0.717) is 32.2 Å². The van der Waals surface area contributed by atoms with Gasteiger partial charge in [0, 0.05) is 12.1 Å². The highest BCUT2D eigenvalue weighted by molar-refractivity contribution is 7.17. The largest absolute Gasteiger partial charge is 0.497 e. The van der Waals surface area contributed by atoms with Crippen LogP contribution in [0.2, 0.25) is 5.02 Å². The van der Waals surface area contributed by atoms with Crippen LogP contribution < -0.4 is 20.1 Å². The zero-order valence-corrected chi connectivity index (χ0v) is 18.6. The van der Waals surface area contributed by atoms with E-state index in [4.69, 9.17) is 21.1 Å². The molecule has 2 aromatic carbocycles. The summed E-state index contributed by atoms with van der Waals surface area (Å²) in [6.07, 6.45) is 4.39. The van der Waals surface area contributed by atoms with Gasteiger partial charge < -0.3 is 14.8 Å². The third-order valence-electron chi connectivity index (χ3n) is 4.22. The monoisotopic (exact) mass is 457 g/mol. The van der Waals surface area contributed by atoms with Gasteiger partial charge in [-0.25, -0.2) is 4.98 Å². The Labute approximate surface area is 188 Å². The quantitative estimate of drug-likeness (QED) is 0.486. The fraction of sp³-hybridized carbons (Fsp3) is 0.136. The number of para-hydroxylation sites is 1. The summed E-state index contributed by atoms with van der Waals surface area (Å²) < 4.78 is 10.4. The third kappa shape index (κ3) is 5.84. The summed E-state index contributed by atoms with van der Waals surface area (Å²) in [7, 11) is 3.11. The molecule has 0 fully saturated rings. The number of methoxy groups -OCH3 is 2. The molecule has 1 aromatic heterocycles. The molecule has 0 saturated heterocycles. The Balaban J connectivity index is 1.65. The minimum atomic E-state index is -0.384. The number of ether oxygens (including phenoxy) is 2. The van der Waals surface area contributed by atoms with E-state index in [1.54, 1.807) is 44.6 Å². The molecule has 0 bridgehead atoms. The van der Waals surface area contributed by atoms with Crippen LogP contribution in [-0.4, -0.2) is 31.0 Å². The smallest absolute Gasteiger partial charge is 0.267 e. The summed E-state index contributed by atoms with van der Waals surface area (Å²) in [5.74, 6) is 0.491. The number of carbonyl (C=O) groups is 2. The molecule has 0 aliphatic rings. The molecule has 3 aromatic rings.